The van der Waals surface area contributed by atoms with Crippen LogP contribution in [0, 0.1) is 6.92 Å². The van der Waals surface area contributed by atoms with Crippen molar-refractivity contribution in [2.24, 2.45) is 0 Å². The first-order chi connectivity index (χ1) is 8.20. The Balaban J connectivity index is 2.33. The van der Waals surface area contributed by atoms with Gasteiger partial charge < -0.3 is 4.74 Å². The second kappa shape index (κ2) is 5.27. The van der Waals surface area contributed by atoms with E-state index in [9.17, 15) is 0 Å². The molecule has 2 aromatic rings. The SMILES string of the molecule is CCc1nc(C)ccc1Oc1ccncc1Br. The van der Waals surface area contributed by atoms with Crippen molar-refractivity contribution in [3.05, 3.63) is 46.5 Å². The van der Waals surface area contributed by atoms with Crippen molar-refractivity contribution in [1.82, 2.24) is 9.97 Å². The molecule has 0 aliphatic heterocycles. The minimum absolute atomic E-state index is 0.750. The monoisotopic (exact) mass is 292 g/mol. The standard InChI is InChI=1S/C13H13BrN2O/c1-3-11-13(5-4-9(2)16-11)17-12-6-7-15-8-10(12)14/h4-8H,3H2,1-2H3. The Kier molecular flexibility index (Phi) is 3.74. The summed E-state index contributed by atoms with van der Waals surface area (Å²) in [5, 5.41) is 0. The minimum atomic E-state index is 0.750. The number of aryl methyl sites for hydroxylation is 2. The van der Waals surface area contributed by atoms with Crippen molar-refractivity contribution in [3.63, 3.8) is 0 Å². The van der Waals surface area contributed by atoms with E-state index in [2.05, 4.69) is 32.8 Å². The van der Waals surface area contributed by atoms with Crippen molar-refractivity contribution in [3.8, 4) is 11.5 Å². The molecular formula is C13H13BrN2O. The smallest absolute Gasteiger partial charge is 0.148 e. The van der Waals surface area contributed by atoms with Gasteiger partial charge in [-0.15, -0.1) is 0 Å². The fourth-order valence-corrected chi connectivity index (χ4v) is 1.84. The molecule has 4 heteroatoms. The van der Waals surface area contributed by atoms with Gasteiger partial charge in [0.2, 0.25) is 0 Å². The maximum Gasteiger partial charge on any atom is 0.148 e. The number of hydrogen-bond donors (Lipinski definition) is 0. The van der Waals surface area contributed by atoms with Crippen LogP contribution in [0.3, 0.4) is 0 Å². The van der Waals surface area contributed by atoms with Gasteiger partial charge in [0.1, 0.15) is 11.5 Å². The van der Waals surface area contributed by atoms with Crippen LogP contribution in [0.25, 0.3) is 0 Å². The van der Waals surface area contributed by atoms with E-state index < -0.39 is 0 Å². The highest BCUT2D eigenvalue weighted by Crippen LogP contribution is 2.30. The summed E-state index contributed by atoms with van der Waals surface area (Å²) in [6.45, 7) is 4.04. The summed E-state index contributed by atoms with van der Waals surface area (Å²) in [5.41, 5.74) is 1.97. The Bertz CT molecular complexity index is 529. The third-order valence-corrected chi connectivity index (χ3v) is 2.96. The third kappa shape index (κ3) is 2.82. The lowest BCUT2D eigenvalue weighted by Gasteiger charge is -2.10. The topological polar surface area (TPSA) is 35.0 Å². The van der Waals surface area contributed by atoms with Crippen molar-refractivity contribution in [1.29, 1.82) is 0 Å². The zero-order valence-electron chi connectivity index (χ0n) is 9.77. The number of pyridine rings is 2. The van der Waals surface area contributed by atoms with Gasteiger partial charge in [0.15, 0.2) is 0 Å². The number of ether oxygens (including phenoxy) is 1. The second-order valence-corrected chi connectivity index (χ2v) is 4.51. The van der Waals surface area contributed by atoms with Gasteiger partial charge >= 0.3 is 0 Å². The molecule has 88 valence electrons. The molecule has 17 heavy (non-hydrogen) atoms. The van der Waals surface area contributed by atoms with Gasteiger partial charge in [-0.3, -0.25) is 9.97 Å². The highest BCUT2D eigenvalue weighted by atomic mass is 79.9. The molecule has 0 fully saturated rings. The molecule has 0 saturated carbocycles. The highest BCUT2D eigenvalue weighted by Gasteiger charge is 2.07. The summed E-state index contributed by atoms with van der Waals surface area (Å²) in [6.07, 6.45) is 4.26. The molecule has 2 heterocycles. The minimum Gasteiger partial charge on any atom is -0.454 e. The fourth-order valence-electron chi connectivity index (χ4n) is 1.51. The molecule has 2 aromatic heterocycles. The van der Waals surface area contributed by atoms with Crippen LogP contribution in [-0.4, -0.2) is 9.97 Å². The van der Waals surface area contributed by atoms with Gasteiger partial charge in [0.25, 0.3) is 0 Å². The quantitative estimate of drug-likeness (QED) is 0.860. The molecule has 0 aliphatic carbocycles. The summed E-state index contributed by atoms with van der Waals surface area (Å²) in [6, 6.07) is 5.72. The van der Waals surface area contributed by atoms with Gasteiger partial charge in [0, 0.05) is 24.2 Å². The normalized spacial score (nSPS) is 10.3. The predicted molar refractivity (Wildman–Crippen MR) is 70.4 cm³/mol. The van der Waals surface area contributed by atoms with Gasteiger partial charge in [-0.2, -0.15) is 0 Å². The van der Waals surface area contributed by atoms with Crippen molar-refractivity contribution in [2.75, 3.05) is 0 Å². The molecule has 0 radical (unpaired) electrons. The lowest BCUT2D eigenvalue weighted by Crippen LogP contribution is -1.96. The summed E-state index contributed by atoms with van der Waals surface area (Å²) >= 11 is 3.41. The average Bonchev–Trinajstić information content (AvgIpc) is 2.34. The maximum absolute atomic E-state index is 5.84. The fraction of sp³-hybridized carbons (Fsp3) is 0.231. The molecule has 3 nitrogen and oxygen atoms in total. The van der Waals surface area contributed by atoms with E-state index in [1.165, 1.54) is 0 Å². The Morgan fingerprint density at radius 2 is 2.06 bits per heavy atom. The molecular weight excluding hydrogens is 280 g/mol. The number of rotatable bonds is 3. The average molecular weight is 293 g/mol. The molecule has 0 unspecified atom stereocenters. The van der Waals surface area contributed by atoms with E-state index >= 15 is 0 Å². The van der Waals surface area contributed by atoms with Crippen molar-refractivity contribution in [2.45, 2.75) is 20.3 Å². The van der Waals surface area contributed by atoms with Crippen LogP contribution >= 0.6 is 15.9 Å². The van der Waals surface area contributed by atoms with Crippen molar-refractivity contribution < 1.29 is 4.74 Å². The number of halogens is 1. The van der Waals surface area contributed by atoms with E-state index in [0.29, 0.717) is 0 Å². The molecule has 0 spiro atoms. The first kappa shape index (κ1) is 12.0. The van der Waals surface area contributed by atoms with Gasteiger partial charge in [-0.25, -0.2) is 0 Å². The van der Waals surface area contributed by atoms with Crippen LogP contribution in [0.2, 0.25) is 0 Å². The highest BCUT2D eigenvalue weighted by molar-refractivity contribution is 9.10. The predicted octanol–water partition coefficient (Wildman–Crippen LogP) is 3.90. The van der Waals surface area contributed by atoms with Gasteiger partial charge in [0.05, 0.1) is 10.2 Å². The molecule has 0 bridgehead atoms. The van der Waals surface area contributed by atoms with E-state index in [1.54, 1.807) is 12.4 Å². The zero-order chi connectivity index (χ0) is 12.3. The Morgan fingerprint density at radius 1 is 1.24 bits per heavy atom. The first-order valence-electron chi connectivity index (χ1n) is 5.44. The molecule has 0 aliphatic rings. The Morgan fingerprint density at radius 3 is 2.76 bits per heavy atom. The lowest BCUT2D eigenvalue weighted by molar-refractivity contribution is 0.469. The number of nitrogens with zero attached hydrogens (tertiary/aromatic N) is 2. The van der Waals surface area contributed by atoms with Crippen LogP contribution in [-0.2, 0) is 6.42 Å². The Hall–Kier alpha value is -1.42. The summed E-state index contributed by atoms with van der Waals surface area (Å²) in [7, 11) is 0. The maximum atomic E-state index is 5.84. The number of aromatic nitrogens is 2. The second-order valence-electron chi connectivity index (χ2n) is 3.66. The van der Waals surface area contributed by atoms with E-state index in [1.807, 2.05) is 25.1 Å². The van der Waals surface area contributed by atoms with E-state index in [4.69, 9.17) is 4.74 Å². The Labute approximate surface area is 109 Å². The van der Waals surface area contributed by atoms with Gasteiger partial charge in [-0.1, -0.05) is 6.92 Å². The third-order valence-electron chi connectivity index (χ3n) is 2.36. The molecule has 0 saturated heterocycles. The summed E-state index contributed by atoms with van der Waals surface area (Å²) in [4.78, 5) is 8.46. The number of hydrogen-bond acceptors (Lipinski definition) is 3. The van der Waals surface area contributed by atoms with Gasteiger partial charge in [-0.05, 0) is 41.4 Å². The molecule has 0 amide bonds. The summed E-state index contributed by atoms with van der Waals surface area (Å²) in [5.74, 6) is 1.55. The van der Waals surface area contributed by atoms with E-state index in [0.717, 1.165) is 33.8 Å². The first-order valence-corrected chi connectivity index (χ1v) is 6.24. The van der Waals surface area contributed by atoms with E-state index in [-0.39, 0.29) is 0 Å². The molecule has 0 atom stereocenters. The lowest BCUT2D eigenvalue weighted by atomic mass is 10.2. The van der Waals surface area contributed by atoms with Crippen LogP contribution in [0.5, 0.6) is 11.5 Å². The zero-order valence-corrected chi connectivity index (χ0v) is 11.4. The molecule has 0 aromatic carbocycles. The van der Waals surface area contributed by atoms with Crippen LogP contribution in [0.15, 0.2) is 35.1 Å². The molecule has 0 N–H and O–H groups in total. The van der Waals surface area contributed by atoms with Crippen LogP contribution < -0.4 is 4.74 Å². The molecule has 2 rings (SSSR count). The summed E-state index contributed by atoms with van der Waals surface area (Å²) < 4.78 is 6.67. The van der Waals surface area contributed by atoms with Crippen LogP contribution in [0.4, 0.5) is 0 Å². The van der Waals surface area contributed by atoms with Crippen LogP contribution in [0.1, 0.15) is 18.3 Å². The van der Waals surface area contributed by atoms with Crippen molar-refractivity contribution >= 4 is 15.9 Å². The largest absolute Gasteiger partial charge is 0.454 e.